The Morgan fingerprint density at radius 2 is 1.96 bits per heavy atom. The Morgan fingerprint density at radius 1 is 1.25 bits per heavy atom. The third-order valence-electron chi connectivity index (χ3n) is 5.11. The Morgan fingerprint density at radius 3 is 2.67 bits per heavy atom. The van der Waals surface area contributed by atoms with E-state index in [4.69, 9.17) is 21.1 Å². The van der Waals surface area contributed by atoms with E-state index in [1.54, 1.807) is 0 Å². The molecule has 3 rings (SSSR count). The molecule has 0 atom stereocenters. The number of benzene rings is 1. The standard InChI is InChI=1S/C19H26ClNO3/c1-13(2)14-6-8-21(9-7-14)17(22)12-15-4-5-16-19(18(15)20)24-11-3-10-23-16/h4-5,13-14H,3,6-12H2,1-2H3. The van der Waals surface area contributed by atoms with Crippen LogP contribution in [0, 0.1) is 11.8 Å². The molecule has 0 aromatic heterocycles. The summed E-state index contributed by atoms with van der Waals surface area (Å²) in [5.74, 6) is 2.83. The van der Waals surface area contributed by atoms with Gasteiger partial charge in [0.05, 0.1) is 24.7 Å². The minimum atomic E-state index is 0.147. The molecule has 0 radical (unpaired) electrons. The molecule has 2 heterocycles. The minimum absolute atomic E-state index is 0.147. The van der Waals surface area contributed by atoms with Crippen LogP contribution in [0.15, 0.2) is 12.1 Å². The molecule has 2 aliphatic rings. The van der Waals surface area contributed by atoms with Crippen molar-refractivity contribution in [2.75, 3.05) is 26.3 Å². The van der Waals surface area contributed by atoms with Gasteiger partial charge in [-0.15, -0.1) is 0 Å². The maximum absolute atomic E-state index is 12.6. The largest absolute Gasteiger partial charge is 0.490 e. The smallest absolute Gasteiger partial charge is 0.227 e. The molecule has 132 valence electrons. The van der Waals surface area contributed by atoms with Crippen molar-refractivity contribution in [2.24, 2.45) is 11.8 Å². The van der Waals surface area contributed by atoms with Crippen LogP contribution in [0.1, 0.15) is 38.7 Å². The fraction of sp³-hybridized carbons (Fsp3) is 0.632. The van der Waals surface area contributed by atoms with E-state index >= 15 is 0 Å². The van der Waals surface area contributed by atoms with E-state index in [0.29, 0.717) is 42.1 Å². The van der Waals surface area contributed by atoms with E-state index in [2.05, 4.69) is 13.8 Å². The third-order valence-corrected chi connectivity index (χ3v) is 5.52. The highest BCUT2D eigenvalue weighted by Gasteiger charge is 2.26. The maximum Gasteiger partial charge on any atom is 0.227 e. The van der Waals surface area contributed by atoms with Crippen molar-refractivity contribution in [1.29, 1.82) is 0 Å². The lowest BCUT2D eigenvalue weighted by Gasteiger charge is -2.34. The van der Waals surface area contributed by atoms with Crippen molar-refractivity contribution in [3.8, 4) is 11.5 Å². The molecule has 1 aromatic rings. The predicted octanol–water partition coefficient (Wildman–Crippen LogP) is 3.94. The van der Waals surface area contributed by atoms with Crippen LogP contribution in [0.2, 0.25) is 5.02 Å². The molecule has 4 nitrogen and oxygen atoms in total. The first kappa shape index (κ1) is 17.4. The first-order valence-electron chi connectivity index (χ1n) is 8.91. The highest BCUT2D eigenvalue weighted by atomic mass is 35.5. The topological polar surface area (TPSA) is 38.8 Å². The number of ether oxygens (including phenoxy) is 2. The van der Waals surface area contributed by atoms with Gasteiger partial charge >= 0.3 is 0 Å². The summed E-state index contributed by atoms with van der Waals surface area (Å²) in [4.78, 5) is 14.6. The first-order valence-corrected chi connectivity index (χ1v) is 9.29. The Hall–Kier alpha value is -1.42. The van der Waals surface area contributed by atoms with Crippen LogP contribution in [-0.4, -0.2) is 37.1 Å². The Labute approximate surface area is 149 Å². The Balaban J connectivity index is 1.66. The van der Waals surface area contributed by atoms with Crippen molar-refractivity contribution in [1.82, 2.24) is 4.90 Å². The van der Waals surface area contributed by atoms with E-state index in [1.165, 1.54) is 0 Å². The van der Waals surface area contributed by atoms with Crippen molar-refractivity contribution < 1.29 is 14.3 Å². The van der Waals surface area contributed by atoms with Gasteiger partial charge in [-0.2, -0.15) is 0 Å². The third kappa shape index (κ3) is 3.80. The molecule has 0 bridgehead atoms. The summed E-state index contributed by atoms with van der Waals surface area (Å²) in [5.41, 5.74) is 0.817. The van der Waals surface area contributed by atoms with Gasteiger partial charge in [0.25, 0.3) is 0 Å². The van der Waals surface area contributed by atoms with Crippen LogP contribution in [-0.2, 0) is 11.2 Å². The van der Waals surface area contributed by atoms with Crippen molar-refractivity contribution in [3.05, 3.63) is 22.7 Å². The summed E-state index contributed by atoms with van der Waals surface area (Å²) in [6, 6.07) is 3.74. The first-order chi connectivity index (χ1) is 11.6. The van der Waals surface area contributed by atoms with Gasteiger partial charge in [-0.3, -0.25) is 4.79 Å². The highest BCUT2D eigenvalue weighted by molar-refractivity contribution is 6.33. The number of amides is 1. The molecule has 0 unspecified atom stereocenters. The predicted molar refractivity (Wildman–Crippen MR) is 94.9 cm³/mol. The zero-order valence-electron chi connectivity index (χ0n) is 14.5. The molecule has 0 spiro atoms. The van der Waals surface area contributed by atoms with Gasteiger partial charge in [-0.1, -0.05) is 31.5 Å². The van der Waals surface area contributed by atoms with Gasteiger partial charge < -0.3 is 14.4 Å². The summed E-state index contributed by atoms with van der Waals surface area (Å²) in [5, 5.41) is 0.514. The molecule has 2 aliphatic heterocycles. The number of carbonyl (C=O) groups excluding carboxylic acids is 1. The lowest BCUT2D eigenvalue weighted by molar-refractivity contribution is -0.132. The quantitative estimate of drug-likeness (QED) is 0.828. The van der Waals surface area contributed by atoms with Crippen LogP contribution < -0.4 is 9.47 Å². The summed E-state index contributed by atoms with van der Waals surface area (Å²) < 4.78 is 11.3. The number of halogens is 1. The molecule has 0 saturated carbocycles. The monoisotopic (exact) mass is 351 g/mol. The normalized spacial score (nSPS) is 18.6. The van der Waals surface area contributed by atoms with E-state index in [-0.39, 0.29) is 5.91 Å². The summed E-state index contributed by atoms with van der Waals surface area (Å²) in [6.45, 7) is 7.45. The SMILES string of the molecule is CC(C)C1CCN(C(=O)Cc2ccc3c(c2Cl)OCCCO3)CC1. The van der Waals surface area contributed by atoms with Crippen LogP contribution in [0.3, 0.4) is 0 Å². The summed E-state index contributed by atoms with van der Waals surface area (Å²) in [6.07, 6.45) is 3.35. The van der Waals surface area contributed by atoms with E-state index in [9.17, 15) is 4.79 Å². The van der Waals surface area contributed by atoms with Crippen LogP contribution in [0.5, 0.6) is 11.5 Å². The van der Waals surface area contributed by atoms with Crippen molar-refractivity contribution in [2.45, 2.75) is 39.5 Å². The molecule has 1 aromatic carbocycles. The minimum Gasteiger partial charge on any atom is -0.490 e. The fourth-order valence-corrected chi connectivity index (χ4v) is 3.75. The number of fused-ring (bicyclic) bond motifs is 1. The highest BCUT2D eigenvalue weighted by Crippen LogP contribution is 2.39. The number of nitrogens with zero attached hydrogens (tertiary/aromatic N) is 1. The van der Waals surface area contributed by atoms with Gasteiger partial charge in [-0.05, 0) is 36.3 Å². The number of hydrogen-bond acceptors (Lipinski definition) is 3. The Bertz CT molecular complexity index is 595. The van der Waals surface area contributed by atoms with E-state index in [1.807, 2.05) is 17.0 Å². The van der Waals surface area contributed by atoms with Gasteiger partial charge in [0.1, 0.15) is 0 Å². The number of hydrogen-bond donors (Lipinski definition) is 0. The molecule has 1 amide bonds. The van der Waals surface area contributed by atoms with Gasteiger partial charge in [-0.25, -0.2) is 0 Å². The van der Waals surface area contributed by atoms with Crippen LogP contribution in [0.4, 0.5) is 0 Å². The molecule has 1 fully saturated rings. The molecular weight excluding hydrogens is 326 g/mol. The molecule has 5 heteroatoms. The second kappa shape index (κ2) is 7.64. The average molecular weight is 352 g/mol. The Kier molecular flexibility index (Phi) is 5.54. The lowest BCUT2D eigenvalue weighted by Crippen LogP contribution is -2.40. The van der Waals surface area contributed by atoms with Gasteiger partial charge in [0.15, 0.2) is 11.5 Å². The lowest BCUT2D eigenvalue weighted by atomic mass is 9.86. The molecule has 0 aliphatic carbocycles. The molecule has 1 saturated heterocycles. The molecule has 0 N–H and O–H groups in total. The molecular formula is C19H26ClNO3. The maximum atomic E-state index is 12.6. The van der Waals surface area contributed by atoms with Gasteiger partial charge in [0.2, 0.25) is 5.91 Å². The molecule has 24 heavy (non-hydrogen) atoms. The second-order valence-corrected chi connectivity index (χ2v) is 7.43. The van der Waals surface area contributed by atoms with Crippen LogP contribution in [0.25, 0.3) is 0 Å². The zero-order valence-corrected chi connectivity index (χ0v) is 15.3. The second-order valence-electron chi connectivity index (χ2n) is 7.06. The van der Waals surface area contributed by atoms with Crippen LogP contribution >= 0.6 is 11.6 Å². The summed E-state index contributed by atoms with van der Waals surface area (Å²) >= 11 is 6.47. The van der Waals surface area contributed by atoms with E-state index in [0.717, 1.165) is 43.8 Å². The van der Waals surface area contributed by atoms with Gasteiger partial charge in [0, 0.05) is 19.5 Å². The number of carbonyl (C=O) groups is 1. The summed E-state index contributed by atoms with van der Waals surface area (Å²) in [7, 11) is 0. The number of piperidine rings is 1. The zero-order chi connectivity index (χ0) is 17.1. The number of likely N-dealkylation sites (tertiary alicyclic amines) is 1. The number of rotatable bonds is 3. The van der Waals surface area contributed by atoms with Crippen molar-refractivity contribution >= 4 is 17.5 Å². The fourth-order valence-electron chi connectivity index (χ4n) is 3.47. The van der Waals surface area contributed by atoms with Crippen molar-refractivity contribution in [3.63, 3.8) is 0 Å². The average Bonchev–Trinajstić information content (AvgIpc) is 2.83. The van der Waals surface area contributed by atoms with E-state index < -0.39 is 0 Å².